The maximum absolute atomic E-state index is 12.5. The van der Waals surface area contributed by atoms with E-state index in [1.807, 2.05) is 6.07 Å². The van der Waals surface area contributed by atoms with Gasteiger partial charge in [-0.25, -0.2) is 0 Å². The van der Waals surface area contributed by atoms with E-state index in [0.717, 1.165) is 10.9 Å². The van der Waals surface area contributed by atoms with Crippen molar-refractivity contribution in [1.29, 1.82) is 0 Å². The van der Waals surface area contributed by atoms with Crippen LogP contribution in [0.5, 0.6) is 0 Å². The van der Waals surface area contributed by atoms with Crippen LogP contribution in [-0.2, 0) is 0 Å². The third-order valence-corrected chi connectivity index (χ3v) is 3.73. The van der Waals surface area contributed by atoms with E-state index in [4.69, 9.17) is 11.6 Å². The molecule has 3 rings (SSSR count). The predicted molar refractivity (Wildman–Crippen MR) is 84.8 cm³/mol. The summed E-state index contributed by atoms with van der Waals surface area (Å²) in [6.07, 6.45) is 1.66. The van der Waals surface area contributed by atoms with Gasteiger partial charge in [0.05, 0.1) is 29.9 Å². The Labute approximate surface area is 131 Å². The summed E-state index contributed by atoms with van der Waals surface area (Å²) in [6, 6.07) is 11.9. The zero-order chi connectivity index (χ0) is 15.5. The molecule has 1 heterocycles. The lowest BCUT2D eigenvalue weighted by Crippen LogP contribution is -2.30. The summed E-state index contributed by atoms with van der Waals surface area (Å²) < 4.78 is 0. The quantitative estimate of drug-likeness (QED) is 0.692. The number of aromatic nitrogens is 2. The minimum Gasteiger partial charge on any atom is -0.394 e. The first-order valence-corrected chi connectivity index (χ1v) is 7.16. The molecule has 0 aliphatic rings. The number of amides is 1. The molecule has 112 valence electrons. The van der Waals surface area contributed by atoms with Crippen molar-refractivity contribution < 1.29 is 9.90 Å². The zero-order valence-electron chi connectivity index (χ0n) is 11.6. The monoisotopic (exact) mass is 315 g/mol. The highest BCUT2D eigenvalue weighted by molar-refractivity contribution is 6.30. The lowest BCUT2D eigenvalue weighted by molar-refractivity contribution is 0.0917. The van der Waals surface area contributed by atoms with Gasteiger partial charge in [0.25, 0.3) is 5.91 Å². The van der Waals surface area contributed by atoms with Crippen LogP contribution in [-0.4, -0.2) is 27.8 Å². The number of benzene rings is 2. The van der Waals surface area contributed by atoms with E-state index in [0.29, 0.717) is 16.1 Å². The number of carbonyl (C=O) groups excluding carboxylic acids is 1. The molecule has 2 aromatic carbocycles. The highest BCUT2D eigenvalue weighted by Crippen LogP contribution is 2.19. The number of aliphatic hydroxyl groups is 1. The third-order valence-electron chi connectivity index (χ3n) is 3.48. The Morgan fingerprint density at radius 3 is 2.77 bits per heavy atom. The Kier molecular flexibility index (Phi) is 4.09. The number of rotatable bonds is 4. The number of fused-ring (bicyclic) bond motifs is 1. The van der Waals surface area contributed by atoms with E-state index in [1.165, 1.54) is 0 Å². The predicted octanol–water partition coefficient (Wildman–Crippen LogP) is 2.68. The summed E-state index contributed by atoms with van der Waals surface area (Å²) in [4.78, 5) is 12.5. The first-order chi connectivity index (χ1) is 10.7. The molecular formula is C16H14ClN3O2. The molecular weight excluding hydrogens is 302 g/mol. The molecule has 1 amide bonds. The van der Waals surface area contributed by atoms with Gasteiger partial charge in [-0.1, -0.05) is 35.9 Å². The fraction of sp³-hybridized carbons (Fsp3) is 0.125. The number of aliphatic hydroxyl groups excluding tert-OH is 1. The number of nitrogens with zero attached hydrogens (tertiary/aromatic N) is 1. The Morgan fingerprint density at radius 2 is 2.05 bits per heavy atom. The molecule has 5 nitrogen and oxygen atoms in total. The Morgan fingerprint density at radius 1 is 1.27 bits per heavy atom. The van der Waals surface area contributed by atoms with Crippen molar-refractivity contribution >= 4 is 28.4 Å². The summed E-state index contributed by atoms with van der Waals surface area (Å²) in [5.74, 6) is -0.274. The Hall–Kier alpha value is -2.37. The van der Waals surface area contributed by atoms with Gasteiger partial charge in [0.1, 0.15) is 0 Å². The van der Waals surface area contributed by atoms with Gasteiger partial charge >= 0.3 is 0 Å². The first-order valence-electron chi connectivity index (χ1n) is 6.78. The van der Waals surface area contributed by atoms with Gasteiger partial charge in [0.15, 0.2) is 0 Å². The number of H-pyrrole nitrogens is 1. The minimum absolute atomic E-state index is 0.202. The maximum atomic E-state index is 12.5. The van der Waals surface area contributed by atoms with Crippen molar-refractivity contribution in [1.82, 2.24) is 15.5 Å². The van der Waals surface area contributed by atoms with Crippen molar-refractivity contribution in [2.24, 2.45) is 0 Å². The van der Waals surface area contributed by atoms with Gasteiger partial charge in [0.2, 0.25) is 0 Å². The second kappa shape index (κ2) is 6.17. The number of carbonyl (C=O) groups is 1. The Balaban J connectivity index is 1.86. The Bertz CT molecular complexity index is 799. The molecule has 0 aliphatic heterocycles. The van der Waals surface area contributed by atoms with Crippen LogP contribution in [0.3, 0.4) is 0 Å². The number of hydrogen-bond donors (Lipinski definition) is 3. The lowest BCUT2D eigenvalue weighted by atomic mass is 10.1. The van der Waals surface area contributed by atoms with Crippen molar-refractivity contribution in [3.8, 4) is 0 Å². The van der Waals surface area contributed by atoms with Crippen molar-refractivity contribution in [2.45, 2.75) is 6.04 Å². The lowest BCUT2D eigenvalue weighted by Gasteiger charge is -2.17. The van der Waals surface area contributed by atoms with Gasteiger partial charge in [-0.15, -0.1) is 0 Å². The average molecular weight is 316 g/mol. The van der Waals surface area contributed by atoms with Crippen molar-refractivity contribution in [3.63, 3.8) is 0 Å². The van der Waals surface area contributed by atoms with Crippen molar-refractivity contribution in [3.05, 3.63) is 64.8 Å². The summed E-state index contributed by atoms with van der Waals surface area (Å²) >= 11 is 5.85. The van der Waals surface area contributed by atoms with Crippen LogP contribution in [0.15, 0.2) is 48.7 Å². The zero-order valence-corrected chi connectivity index (χ0v) is 12.3. The second-order valence-electron chi connectivity index (χ2n) is 4.90. The SMILES string of the molecule is O=C(NC(CO)c1ccc(Cl)cc1)c1cccc2cn[nH]c12. The van der Waals surface area contributed by atoms with Gasteiger partial charge in [-0.2, -0.15) is 5.10 Å². The maximum Gasteiger partial charge on any atom is 0.254 e. The first kappa shape index (κ1) is 14.6. The van der Waals surface area contributed by atoms with Crippen LogP contribution in [0.4, 0.5) is 0 Å². The third kappa shape index (κ3) is 2.81. The molecule has 0 fully saturated rings. The summed E-state index contributed by atoms with van der Waals surface area (Å²) in [5.41, 5.74) is 1.95. The van der Waals surface area contributed by atoms with Crippen molar-refractivity contribution in [2.75, 3.05) is 6.61 Å². The van der Waals surface area contributed by atoms with Gasteiger partial charge < -0.3 is 10.4 Å². The number of hydrogen-bond acceptors (Lipinski definition) is 3. The van der Waals surface area contributed by atoms with Crippen LogP contribution >= 0.6 is 11.6 Å². The second-order valence-corrected chi connectivity index (χ2v) is 5.34. The van der Waals surface area contributed by atoms with E-state index < -0.39 is 6.04 Å². The topological polar surface area (TPSA) is 78.0 Å². The number of aromatic amines is 1. The fourth-order valence-corrected chi connectivity index (χ4v) is 2.45. The number of halogens is 1. The molecule has 3 aromatic rings. The minimum atomic E-state index is -0.497. The molecule has 3 N–H and O–H groups in total. The van der Waals surface area contributed by atoms with E-state index in [-0.39, 0.29) is 12.5 Å². The van der Waals surface area contributed by atoms with E-state index >= 15 is 0 Å². The largest absolute Gasteiger partial charge is 0.394 e. The molecule has 0 bridgehead atoms. The molecule has 0 saturated heterocycles. The molecule has 1 aromatic heterocycles. The van der Waals surface area contributed by atoms with Gasteiger partial charge in [-0.3, -0.25) is 9.89 Å². The van der Waals surface area contributed by atoms with E-state index in [1.54, 1.807) is 42.6 Å². The summed E-state index contributed by atoms with van der Waals surface area (Å²) in [7, 11) is 0. The van der Waals surface area contributed by atoms with Gasteiger partial charge in [0, 0.05) is 10.4 Å². The van der Waals surface area contributed by atoms with Crippen LogP contribution < -0.4 is 5.32 Å². The van der Waals surface area contributed by atoms with Gasteiger partial charge in [-0.05, 0) is 23.8 Å². The van der Waals surface area contributed by atoms with Crippen LogP contribution in [0, 0.1) is 0 Å². The standard InChI is InChI=1S/C16H14ClN3O2/c17-12-6-4-10(5-7-12)14(9-21)19-16(22)13-3-1-2-11-8-18-20-15(11)13/h1-8,14,21H,9H2,(H,18,20)(H,19,22). The van der Waals surface area contributed by atoms with Crippen LogP contribution in [0.2, 0.25) is 5.02 Å². The normalized spacial score (nSPS) is 12.3. The molecule has 0 saturated carbocycles. The molecule has 1 atom stereocenters. The average Bonchev–Trinajstić information content (AvgIpc) is 3.01. The highest BCUT2D eigenvalue weighted by atomic mass is 35.5. The molecule has 0 spiro atoms. The highest BCUT2D eigenvalue weighted by Gasteiger charge is 2.17. The molecule has 1 unspecified atom stereocenters. The van der Waals surface area contributed by atoms with E-state index in [9.17, 15) is 9.90 Å². The fourth-order valence-electron chi connectivity index (χ4n) is 2.32. The summed E-state index contributed by atoms with van der Waals surface area (Å²) in [6.45, 7) is -0.202. The number of nitrogens with one attached hydrogen (secondary N) is 2. The molecule has 0 radical (unpaired) electrons. The number of para-hydroxylation sites is 1. The molecule has 22 heavy (non-hydrogen) atoms. The van der Waals surface area contributed by atoms with E-state index in [2.05, 4.69) is 15.5 Å². The van der Waals surface area contributed by atoms with Crippen LogP contribution in [0.1, 0.15) is 22.0 Å². The summed E-state index contributed by atoms with van der Waals surface area (Å²) in [5, 5.41) is 20.6. The smallest absolute Gasteiger partial charge is 0.254 e. The molecule has 6 heteroatoms. The van der Waals surface area contributed by atoms with Crippen LogP contribution in [0.25, 0.3) is 10.9 Å². The molecule has 0 aliphatic carbocycles.